The molecule has 0 radical (unpaired) electrons. The van der Waals surface area contributed by atoms with Gasteiger partial charge in [-0.25, -0.2) is 8.42 Å². The first-order chi connectivity index (χ1) is 9.60. The number of ether oxygens (including phenoxy) is 1. The minimum absolute atomic E-state index is 0.216. The van der Waals surface area contributed by atoms with Crippen LogP contribution >= 0.6 is 0 Å². The van der Waals surface area contributed by atoms with E-state index < -0.39 is 9.84 Å². The van der Waals surface area contributed by atoms with Crippen LogP contribution in [-0.4, -0.2) is 45.5 Å². The molecule has 1 aliphatic heterocycles. The second-order valence-electron chi connectivity index (χ2n) is 6.68. The van der Waals surface area contributed by atoms with Gasteiger partial charge < -0.3 is 9.64 Å². The Morgan fingerprint density at radius 3 is 2.57 bits per heavy atom. The van der Waals surface area contributed by atoms with Gasteiger partial charge in [-0.15, -0.1) is 0 Å². The number of hydrogen-bond acceptors (Lipinski definition) is 5. The van der Waals surface area contributed by atoms with Crippen LogP contribution in [0.15, 0.2) is 17.2 Å². The van der Waals surface area contributed by atoms with Gasteiger partial charge in [0.05, 0.1) is 35.7 Å². The third kappa shape index (κ3) is 3.55. The molecule has 1 saturated heterocycles. The predicted molar refractivity (Wildman–Crippen MR) is 83.7 cm³/mol. The quantitative estimate of drug-likeness (QED) is 0.836. The van der Waals surface area contributed by atoms with Gasteiger partial charge in [-0.1, -0.05) is 20.8 Å². The fourth-order valence-corrected chi connectivity index (χ4v) is 3.59. The summed E-state index contributed by atoms with van der Waals surface area (Å²) in [4.78, 5) is 6.94. The minimum Gasteiger partial charge on any atom is -0.377 e. The number of morpholine rings is 1. The Hall–Kier alpha value is -1.14. The standard InChI is InChI=1S/C15H24N2O3S/c1-11-10-20-7-6-17(11)12-8-13(21(5,18)19)14(16-9-12)15(2,3)4/h8-9,11H,6-7,10H2,1-5H3/t11-/m0/s1. The SMILES string of the molecule is C[C@H]1COCCN1c1cnc(C(C)(C)C)c(S(C)(=O)=O)c1. The summed E-state index contributed by atoms with van der Waals surface area (Å²) in [5, 5.41) is 0. The highest BCUT2D eigenvalue weighted by Gasteiger charge is 2.27. The summed E-state index contributed by atoms with van der Waals surface area (Å²) >= 11 is 0. The molecule has 0 amide bonds. The molecule has 2 heterocycles. The van der Waals surface area contributed by atoms with Crippen LogP contribution < -0.4 is 4.90 Å². The van der Waals surface area contributed by atoms with Gasteiger partial charge in [-0.05, 0) is 13.0 Å². The van der Waals surface area contributed by atoms with E-state index in [1.807, 2.05) is 20.8 Å². The number of sulfone groups is 1. The van der Waals surface area contributed by atoms with E-state index in [9.17, 15) is 8.42 Å². The van der Waals surface area contributed by atoms with E-state index in [4.69, 9.17) is 4.74 Å². The van der Waals surface area contributed by atoms with Gasteiger partial charge in [0.15, 0.2) is 9.84 Å². The maximum Gasteiger partial charge on any atom is 0.177 e. The fraction of sp³-hybridized carbons (Fsp3) is 0.667. The molecule has 0 N–H and O–H groups in total. The summed E-state index contributed by atoms with van der Waals surface area (Å²) in [6.07, 6.45) is 3.02. The molecule has 2 rings (SSSR count). The average molecular weight is 312 g/mol. The summed E-state index contributed by atoms with van der Waals surface area (Å²) in [6, 6.07) is 1.97. The molecule has 1 fully saturated rings. The fourth-order valence-electron chi connectivity index (χ4n) is 2.55. The summed E-state index contributed by atoms with van der Waals surface area (Å²) in [6.45, 7) is 10.0. The monoisotopic (exact) mass is 312 g/mol. The Labute approximate surface area is 127 Å². The van der Waals surface area contributed by atoms with Crippen molar-refractivity contribution < 1.29 is 13.2 Å². The highest BCUT2D eigenvalue weighted by atomic mass is 32.2. The zero-order chi connectivity index (χ0) is 15.8. The lowest BCUT2D eigenvalue weighted by molar-refractivity contribution is 0.0989. The molecule has 0 unspecified atom stereocenters. The molecule has 21 heavy (non-hydrogen) atoms. The van der Waals surface area contributed by atoms with Crippen molar-refractivity contribution in [3.63, 3.8) is 0 Å². The van der Waals surface area contributed by atoms with E-state index in [1.165, 1.54) is 6.26 Å². The lowest BCUT2D eigenvalue weighted by Crippen LogP contribution is -2.43. The second kappa shape index (κ2) is 5.57. The number of pyridine rings is 1. The molecular formula is C15H24N2O3S. The molecule has 0 spiro atoms. The lowest BCUT2D eigenvalue weighted by Gasteiger charge is -2.35. The molecule has 1 atom stereocenters. The molecule has 0 aromatic carbocycles. The van der Waals surface area contributed by atoms with Crippen LogP contribution in [0, 0.1) is 0 Å². The number of aromatic nitrogens is 1. The van der Waals surface area contributed by atoms with Gasteiger partial charge in [-0.2, -0.15) is 0 Å². The van der Waals surface area contributed by atoms with Crippen molar-refractivity contribution in [2.45, 2.75) is 44.0 Å². The first-order valence-electron chi connectivity index (χ1n) is 7.15. The molecule has 0 aliphatic carbocycles. The number of anilines is 1. The molecule has 118 valence electrons. The van der Waals surface area contributed by atoms with Gasteiger partial charge in [-0.3, -0.25) is 4.98 Å². The Balaban J connectivity index is 2.52. The van der Waals surface area contributed by atoms with Crippen LogP contribution in [0.2, 0.25) is 0 Å². The zero-order valence-corrected chi connectivity index (χ0v) is 14.2. The summed E-state index contributed by atoms with van der Waals surface area (Å²) in [5.41, 5.74) is 1.15. The van der Waals surface area contributed by atoms with E-state index in [2.05, 4.69) is 16.8 Å². The Bertz CT molecular complexity index is 620. The van der Waals surface area contributed by atoms with Gasteiger partial charge in [0.1, 0.15) is 0 Å². The van der Waals surface area contributed by atoms with Crippen molar-refractivity contribution in [2.24, 2.45) is 0 Å². The van der Waals surface area contributed by atoms with Crippen LogP contribution in [-0.2, 0) is 20.0 Å². The summed E-state index contributed by atoms with van der Waals surface area (Å²) < 4.78 is 29.7. The lowest BCUT2D eigenvalue weighted by atomic mass is 9.91. The highest BCUT2D eigenvalue weighted by molar-refractivity contribution is 7.90. The second-order valence-corrected chi connectivity index (χ2v) is 8.66. The van der Waals surface area contributed by atoms with Crippen LogP contribution in [0.4, 0.5) is 5.69 Å². The van der Waals surface area contributed by atoms with Crippen molar-refractivity contribution in [1.82, 2.24) is 4.98 Å². The van der Waals surface area contributed by atoms with E-state index in [-0.39, 0.29) is 11.5 Å². The summed E-state index contributed by atoms with van der Waals surface area (Å²) in [7, 11) is -3.32. The number of nitrogens with zero attached hydrogens (tertiary/aromatic N) is 2. The first kappa shape index (κ1) is 16.2. The van der Waals surface area contributed by atoms with Crippen molar-refractivity contribution in [3.8, 4) is 0 Å². The van der Waals surface area contributed by atoms with Crippen molar-refractivity contribution in [1.29, 1.82) is 0 Å². The average Bonchev–Trinajstić information content (AvgIpc) is 2.36. The normalized spacial score (nSPS) is 20.6. The number of rotatable bonds is 2. The Morgan fingerprint density at radius 1 is 1.38 bits per heavy atom. The third-order valence-corrected chi connectivity index (χ3v) is 4.76. The molecule has 1 aromatic heterocycles. The van der Waals surface area contributed by atoms with Gasteiger partial charge in [0, 0.05) is 24.3 Å². The van der Waals surface area contributed by atoms with Crippen molar-refractivity contribution in [2.75, 3.05) is 30.9 Å². The Kier molecular flexibility index (Phi) is 4.31. The number of hydrogen-bond donors (Lipinski definition) is 0. The maximum absolute atomic E-state index is 12.1. The first-order valence-corrected chi connectivity index (χ1v) is 9.05. The zero-order valence-electron chi connectivity index (χ0n) is 13.4. The molecule has 1 aliphatic rings. The molecular weight excluding hydrogens is 288 g/mol. The van der Waals surface area contributed by atoms with Crippen molar-refractivity contribution >= 4 is 15.5 Å². The van der Waals surface area contributed by atoms with Gasteiger partial charge in [0.2, 0.25) is 0 Å². The topological polar surface area (TPSA) is 59.5 Å². The Morgan fingerprint density at radius 2 is 2.05 bits per heavy atom. The molecule has 5 nitrogen and oxygen atoms in total. The summed E-state index contributed by atoms with van der Waals surface area (Å²) in [5.74, 6) is 0. The maximum atomic E-state index is 12.1. The van der Waals surface area contributed by atoms with E-state index in [0.29, 0.717) is 23.8 Å². The van der Waals surface area contributed by atoms with Crippen LogP contribution in [0.5, 0.6) is 0 Å². The largest absolute Gasteiger partial charge is 0.377 e. The highest BCUT2D eigenvalue weighted by Crippen LogP contribution is 2.31. The molecule has 0 saturated carbocycles. The van der Waals surface area contributed by atoms with E-state index in [0.717, 1.165) is 12.2 Å². The molecule has 6 heteroatoms. The van der Waals surface area contributed by atoms with E-state index >= 15 is 0 Å². The van der Waals surface area contributed by atoms with Crippen molar-refractivity contribution in [3.05, 3.63) is 18.0 Å². The van der Waals surface area contributed by atoms with Gasteiger partial charge in [0.25, 0.3) is 0 Å². The third-order valence-electron chi connectivity index (χ3n) is 3.65. The molecule has 0 bridgehead atoms. The van der Waals surface area contributed by atoms with Crippen LogP contribution in [0.3, 0.4) is 0 Å². The minimum atomic E-state index is -3.32. The molecule has 1 aromatic rings. The van der Waals surface area contributed by atoms with Crippen LogP contribution in [0.1, 0.15) is 33.4 Å². The van der Waals surface area contributed by atoms with Gasteiger partial charge >= 0.3 is 0 Å². The van der Waals surface area contributed by atoms with Crippen LogP contribution in [0.25, 0.3) is 0 Å². The smallest absolute Gasteiger partial charge is 0.177 e. The predicted octanol–water partition coefficient (Wildman–Crippen LogP) is 2.01. The van der Waals surface area contributed by atoms with E-state index in [1.54, 1.807) is 12.3 Å².